The van der Waals surface area contributed by atoms with E-state index in [0.717, 1.165) is 0 Å². The number of benzene rings is 2. The Balaban J connectivity index is 1.63. The largest absolute Gasteiger partial charge is 0.457 e. The summed E-state index contributed by atoms with van der Waals surface area (Å²) in [6.07, 6.45) is 1.59. The zero-order valence-electron chi connectivity index (χ0n) is 15.6. The minimum atomic E-state index is -0.459. The molecule has 2 aromatic carbocycles. The van der Waals surface area contributed by atoms with Gasteiger partial charge >= 0.3 is 0 Å². The first-order chi connectivity index (χ1) is 14.9. The summed E-state index contributed by atoms with van der Waals surface area (Å²) in [7, 11) is 0. The average molecular weight is 468 g/mol. The van der Waals surface area contributed by atoms with E-state index in [4.69, 9.17) is 27.6 Å². The van der Waals surface area contributed by atoms with Crippen LogP contribution in [0.25, 0.3) is 34.2 Å². The number of hydrogen-bond acceptors (Lipinski definition) is 6. The van der Waals surface area contributed by atoms with Crippen molar-refractivity contribution in [2.45, 2.75) is 0 Å². The minimum Gasteiger partial charge on any atom is -0.457 e. The van der Waals surface area contributed by atoms with E-state index in [1.54, 1.807) is 53.9 Å². The van der Waals surface area contributed by atoms with Gasteiger partial charge in [-0.15, -0.1) is 11.3 Å². The Labute approximate surface area is 190 Å². The predicted octanol–water partition coefficient (Wildman–Crippen LogP) is 7.35. The third-order valence-electron chi connectivity index (χ3n) is 4.32. The Morgan fingerprint density at radius 2 is 2.03 bits per heavy atom. The zero-order valence-corrected chi connectivity index (χ0v) is 17.9. The molecule has 0 amide bonds. The number of nitro benzene ring substituents is 1. The molecule has 2 aromatic heterocycles. The van der Waals surface area contributed by atoms with Gasteiger partial charge in [0.15, 0.2) is 0 Å². The monoisotopic (exact) mass is 467 g/mol. The Morgan fingerprint density at radius 1 is 1.19 bits per heavy atom. The number of nitrogens with zero attached hydrogens (tertiary/aromatic N) is 3. The number of halogens is 2. The minimum absolute atomic E-state index is 0.0212. The highest BCUT2D eigenvalue weighted by Gasteiger charge is 2.14. The molecule has 0 unspecified atom stereocenters. The molecule has 0 atom stereocenters. The SMILES string of the molecule is N#C/C(=C\c1ccc(-c2ccc(Cl)cc2Cl)o1)c1nc(-c2cccc([N+](=O)[O-])c2)cs1. The maximum Gasteiger partial charge on any atom is 0.270 e. The molecular formula is C22H11Cl2N3O3S. The lowest BCUT2D eigenvalue weighted by molar-refractivity contribution is -0.384. The summed E-state index contributed by atoms with van der Waals surface area (Å²) >= 11 is 13.4. The van der Waals surface area contributed by atoms with Crippen LogP contribution in [-0.2, 0) is 0 Å². The smallest absolute Gasteiger partial charge is 0.270 e. The molecule has 0 spiro atoms. The van der Waals surface area contributed by atoms with Crippen molar-refractivity contribution < 1.29 is 9.34 Å². The molecule has 0 N–H and O–H groups in total. The van der Waals surface area contributed by atoms with Crippen molar-refractivity contribution in [2.75, 3.05) is 0 Å². The molecule has 6 nitrogen and oxygen atoms in total. The fourth-order valence-electron chi connectivity index (χ4n) is 2.86. The fraction of sp³-hybridized carbons (Fsp3) is 0. The highest BCUT2D eigenvalue weighted by atomic mass is 35.5. The Hall–Kier alpha value is -3.44. The van der Waals surface area contributed by atoms with Crippen molar-refractivity contribution in [3.05, 3.63) is 90.9 Å². The molecule has 4 rings (SSSR count). The molecule has 0 fully saturated rings. The second-order valence-electron chi connectivity index (χ2n) is 6.34. The van der Waals surface area contributed by atoms with Crippen molar-refractivity contribution in [1.82, 2.24) is 4.98 Å². The number of aromatic nitrogens is 1. The van der Waals surface area contributed by atoms with E-state index < -0.39 is 4.92 Å². The fourth-order valence-corrected chi connectivity index (χ4v) is 4.15. The molecule has 0 radical (unpaired) electrons. The van der Waals surface area contributed by atoms with Crippen molar-refractivity contribution in [3.63, 3.8) is 0 Å². The maximum atomic E-state index is 11.0. The number of nitro groups is 1. The first-order valence-corrected chi connectivity index (χ1v) is 10.5. The topological polar surface area (TPSA) is 93.0 Å². The number of thiazole rings is 1. The zero-order chi connectivity index (χ0) is 22.0. The van der Waals surface area contributed by atoms with Gasteiger partial charge in [-0.3, -0.25) is 10.1 Å². The molecule has 0 aliphatic carbocycles. The number of allylic oxidation sites excluding steroid dienone is 1. The first kappa shape index (κ1) is 20.8. The lowest BCUT2D eigenvalue weighted by Gasteiger charge is -2.01. The van der Waals surface area contributed by atoms with Crippen LogP contribution in [0.5, 0.6) is 0 Å². The van der Waals surface area contributed by atoms with Gasteiger partial charge in [-0.1, -0.05) is 35.3 Å². The third-order valence-corrected chi connectivity index (χ3v) is 5.74. The van der Waals surface area contributed by atoms with Crippen LogP contribution in [0, 0.1) is 21.4 Å². The second-order valence-corrected chi connectivity index (χ2v) is 8.04. The summed E-state index contributed by atoms with van der Waals surface area (Å²) in [6, 6.07) is 16.9. The molecule has 0 bridgehead atoms. The first-order valence-electron chi connectivity index (χ1n) is 8.82. The number of nitriles is 1. The van der Waals surface area contributed by atoms with Gasteiger partial charge in [0, 0.05) is 39.7 Å². The summed E-state index contributed by atoms with van der Waals surface area (Å²) in [5.74, 6) is 1.01. The van der Waals surface area contributed by atoms with Crippen LogP contribution in [0.1, 0.15) is 10.8 Å². The van der Waals surface area contributed by atoms with Gasteiger partial charge in [0.2, 0.25) is 0 Å². The van der Waals surface area contributed by atoms with Gasteiger partial charge in [-0.2, -0.15) is 5.26 Å². The lowest BCUT2D eigenvalue weighted by Crippen LogP contribution is -1.88. The predicted molar refractivity (Wildman–Crippen MR) is 122 cm³/mol. The van der Waals surface area contributed by atoms with Gasteiger partial charge in [0.25, 0.3) is 5.69 Å². The third kappa shape index (κ3) is 4.52. The molecule has 0 saturated heterocycles. The van der Waals surface area contributed by atoms with Crippen LogP contribution < -0.4 is 0 Å². The van der Waals surface area contributed by atoms with Crippen LogP contribution in [0.4, 0.5) is 5.69 Å². The summed E-state index contributed by atoms with van der Waals surface area (Å²) in [5.41, 5.74) is 2.13. The number of rotatable bonds is 5. The van der Waals surface area contributed by atoms with Crippen molar-refractivity contribution in [2.24, 2.45) is 0 Å². The normalized spacial score (nSPS) is 11.3. The van der Waals surface area contributed by atoms with E-state index in [1.807, 2.05) is 0 Å². The van der Waals surface area contributed by atoms with Gasteiger partial charge in [-0.25, -0.2) is 4.98 Å². The van der Waals surface area contributed by atoms with Crippen LogP contribution in [0.2, 0.25) is 10.0 Å². The molecule has 2 heterocycles. The average Bonchev–Trinajstić information content (AvgIpc) is 3.42. The van der Waals surface area contributed by atoms with Crippen LogP contribution in [0.3, 0.4) is 0 Å². The van der Waals surface area contributed by atoms with Crippen molar-refractivity contribution in [1.29, 1.82) is 5.26 Å². The van der Waals surface area contributed by atoms with Crippen LogP contribution in [-0.4, -0.2) is 9.91 Å². The number of non-ortho nitro benzene ring substituents is 1. The molecule has 0 aliphatic rings. The van der Waals surface area contributed by atoms with Gasteiger partial charge < -0.3 is 4.42 Å². The molecule has 0 saturated carbocycles. The summed E-state index contributed by atoms with van der Waals surface area (Å²) in [6.45, 7) is 0. The molecule has 152 valence electrons. The van der Waals surface area contributed by atoms with E-state index in [9.17, 15) is 15.4 Å². The summed E-state index contributed by atoms with van der Waals surface area (Å²) in [5, 5.41) is 23.8. The van der Waals surface area contributed by atoms with Gasteiger partial charge in [0.05, 0.1) is 21.2 Å². The van der Waals surface area contributed by atoms with E-state index in [2.05, 4.69) is 11.1 Å². The van der Waals surface area contributed by atoms with Crippen LogP contribution >= 0.6 is 34.5 Å². The van der Waals surface area contributed by atoms with Crippen LogP contribution in [0.15, 0.2) is 64.4 Å². The highest BCUT2D eigenvalue weighted by molar-refractivity contribution is 7.11. The van der Waals surface area contributed by atoms with Crippen molar-refractivity contribution in [3.8, 4) is 28.7 Å². The molecular weight excluding hydrogens is 457 g/mol. The quantitative estimate of drug-likeness (QED) is 0.173. The number of furan rings is 1. The standard InChI is InChI=1S/C22H11Cl2N3O3S/c23-15-4-6-18(19(24)10-15)21-7-5-17(30-21)9-14(11-25)22-26-20(12-31-22)13-2-1-3-16(8-13)27(28)29/h1-10,12H/b14-9+. The lowest BCUT2D eigenvalue weighted by atomic mass is 10.1. The van der Waals surface area contributed by atoms with E-state index >= 15 is 0 Å². The molecule has 0 aliphatic heterocycles. The molecule has 4 aromatic rings. The van der Waals surface area contributed by atoms with Gasteiger partial charge in [0.1, 0.15) is 22.6 Å². The summed E-state index contributed by atoms with van der Waals surface area (Å²) < 4.78 is 5.82. The van der Waals surface area contributed by atoms with E-state index in [0.29, 0.717) is 49.0 Å². The Morgan fingerprint density at radius 3 is 2.77 bits per heavy atom. The molecule has 31 heavy (non-hydrogen) atoms. The second kappa shape index (κ2) is 8.74. The maximum absolute atomic E-state index is 11.0. The highest BCUT2D eigenvalue weighted by Crippen LogP contribution is 2.33. The molecule has 9 heteroatoms. The Bertz CT molecular complexity index is 1370. The van der Waals surface area contributed by atoms with Gasteiger partial charge in [-0.05, 0) is 30.3 Å². The number of hydrogen-bond donors (Lipinski definition) is 0. The van der Waals surface area contributed by atoms with Crippen molar-refractivity contribution >= 4 is 51.9 Å². The van der Waals surface area contributed by atoms with E-state index in [1.165, 1.54) is 23.5 Å². The van der Waals surface area contributed by atoms with E-state index in [-0.39, 0.29) is 5.69 Å². The Kier molecular flexibility index (Phi) is 5.87. The summed E-state index contributed by atoms with van der Waals surface area (Å²) in [4.78, 5) is 15.0.